The number of ether oxygens (including phenoxy) is 2. The van der Waals surface area contributed by atoms with Gasteiger partial charge in [-0.25, -0.2) is 13.4 Å². The van der Waals surface area contributed by atoms with Gasteiger partial charge in [-0.2, -0.15) is 5.26 Å². The van der Waals surface area contributed by atoms with E-state index in [0.29, 0.717) is 18.8 Å². The second kappa shape index (κ2) is 9.25. The molecule has 7 heteroatoms. The van der Waals surface area contributed by atoms with Crippen molar-refractivity contribution in [1.82, 2.24) is 4.98 Å². The molecule has 0 saturated heterocycles. The number of benzene rings is 1. The molecule has 0 aliphatic rings. The van der Waals surface area contributed by atoms with E-state index in [1.807, 2.05) is 13.8 Å². The Morgan fingerprint density at radius 3 is 2.31 bits per heavy atom. The highest BCUT2D eigenvalue weighted by atomic mass is 32.2. The molecule has 2 rings (SSSR count). The Hall–Kier alpha value is -2.53. The Morgan fingerprint density at radius 2 is 1.81 bits per heavy atom. The van der Waals surface area contributed by atoms with Gasteiger partial charge in [0.25, 0.3) is 0 Å². The molecule has 0 radical (unpaired) electrons. The van der Waals surface area contributed by atoms with Crippen molar-refractivity contribution in [3.63, 3.8) is 0 Å². The third-order valence-corrected chi connectivity index (χ3v) is 5.04. The second-order valence-corrected chi connectivity index (χ2v) is 7.07. The van der Waals surface area contributed by atoms with Gasteiger partial charge >= 0.3 is 0 Å². The summed E-state index contributed by atoms with van der Waals surface area (Å²) < 4.78 is 36.1. The van der Waals surface area contributed by atoms with E-state index < -0.39 is 16.1 Å². The van der Waals surface area contributed by atoms with Crippen LogP contribution in [-0.2, 0) is 19.3 Å². The van der Waals surface area contributed by atoms with Gasteiger partial charge in [0.2, 0.25) is 9.84 Å². The highest BCUT2D eigenvalue weighted by Gasteiger charge is 2.22. The normalized spacial score (nSPS) is 12.2. The molecular formula is C19H20N2O4S. The van der Waals surface area contributed by atoms with Gasteiger partial charge in [-0.1, -0.05) is 30.3 Å². The summed E-state index contributed by atoms with van der Waals surface area (Å²) in [5.74, 6) is 0. The van der Waals surface area contributed by atoms with E-state index in [9.17, 15) is 13.7 Å². The molecule has 136 valence electrons. The summed E-state index contributed by atoms with van der Waals surface area (Å²) in [6, 6.07) is 13.3. The van der Waals surface area contributed by atoms with Crippen molar-refractivity contribution in [3.05, 3.63) is 64.7 Å². The van der Waals surface area contributed by atoms with Crippen LogP contribution in [0.15, 0.2) is 58.6 Å². The maximum absolute atomic E-state index is 12.5. The number of nitrogens with zero attached hydrogens (tertiary/aromatic N) is 2. The van der Waals surface area contributed by atoms with Crippen molar-refractivity contribution in [2.24, 2.45) is 0 Å². The molecule has 0 aliphatic carbocycles. The Bertz CT molecular complexity index is 879. The average molecular weight is 372 g/mol. The molecular weight excluding hydrogens is 352 g/mol. The molecule has 0 amide bonds. The quantitative estimate of drug-likeness (QED) is 0.520. The number of allylic oxidation sites excluding steroid dienone is 1. The van der Waals surface area contributed by atoms with Crippen LogP contribution in [0.5, 0.6) is 0 Å². The third kappa shape index (κ3) is 4.76. The highest BCUT2D eigenvalue weighted by Crippen LogP contribution is 2.22. The van der Waals surface area contributed by atoms with E-state index in [1.54, 1.807) is 42.5 Å². The summed E-state index contributed by atoms with van der Waals surface area (Å²) in [6.07, 6.45) is 2.22. The highest BCUT2D eigenvalue weighted by molar-refractivity contribution is 7.95. The zero-order valence-corrected chi connectivity index (χ0v) is 15.4. The van der Waals surface area contributed by atoms with E-state index in [4.69, 9.17) is 9.47 Å². The van der Waals surface area contributed by atoms with Crippen LogP contribution in [-0.4, -0.2) is 26.6 Å². The summed E-state index contributed by atoms with van der Waals surface area (Å²) >= 11 is 0. The molecule has 0 bridgehead atoms. The first-order chi connectivity index (χ1) is 12.5. The minimum Gasteiger partial charge on any atom is -0.349 e. The SMILES string of the molecule is CCOC(OCC)c1ccc(/C=C(\C#N)S(=O)(=O)c2ccccn2)cc1. The topological polar surface area (TPSA) is 89.3 Å². The molecule has 1 heterocycles. The number of aromatic nitrogens is 1. The summed E-state index contributed by atoms with van der Waals surface area (Å²) in [5.41, 5.74) is 1.40. The van der Waals surface area contributed by atoms with Gasteiger partial charge in [0, 0.05) is 25.0 Å². The molecule has 1 aromatic carbocycles. The Morgan fingerprint density at radius 1 is 1.15 bits per heavy atom. The largest absolute Gasteiger partial charge is 0.349 e. The molecule has 0 saturated carbocycles. The fraction of sp³-hybridized carbons (Fsp3) is 0.263. The summed E-state index contributed by atoms with van der Waals surface area (Å²) in [4.78, 5) is 3.46. The van der Waals surface area contributed by atoms with Crippen LogP contribution in [0.1, 0.15) is 31.3 Å². The van der Waals surface area contributed by atoms with Crippen molar-refractivity contribution in [1.29, 1.82) is 5.26 Å². The molecule has 26 heavy (non-hydrogen) atoms. The van der Waals surface area contributed by atoms with Gasteiger partial charge in [0.05, 0.1) is 0 Å². The van der Waals surface area contributed by atoms with E-state index in [0.717, 1.165) is 5.56 Å². The van der Waals surface area contributed by atoms with E-state index in [2.05, 4.69) is 4.98 Å². The third-order valence-electron chi connectivity index (χ3n) is 3.46. The standard InChI is InChI=1S/C19H20N2O4S/c1-3-24-19(25-4-2)16-10-8-15(9-11-16)13-17(14-20)26(22,23)18-7-5-6-12-21-18/h5-13,19H,3-4H2,1-2H3/b17-13+. The number of hydrogen-bond donors (Lipinski definition) is 0. The average Bonchev–Trinajstić information content (AvgIpc) is 2.67. The van der Waals surface area contributed by atoms with Crippen LogP contribution in [0, 0.1) is 11.3 Å². The Balaban J connectivity index is 2.31. The van der Waals surface area contributed by atoms with Crippen molar-refractivity contribution in [2.75, 3.05) is 13.2 Å². The van der Waals surface area contributed by atoms with Crippen molar-refractivity contribution in [3.8, 4) is 6.07 Å². The zero-order valence-electron chi connectivity index (χ0n) is 14.6. The first-order valence-corrected chi connectivity index (χ1v) is 9.62. The van der Waals surface area contributed by atoms with Crippen LogP contribution < -0.4 is 0 Å². The number of hydrogen-bond acceptors (Lipinski definition) is 6. The van der Waals surface area contributed by atoms with Gasteiger partial charge in [0.1, 0.15) is 6.07 Å². The number of nitriles is 1. The number of pyridine rings is 1. The fourth-order valence-corrected chi connectivity index (χ4v) is 3.33. The van der Waals surface area contributed by atoms with E-state index in [-0.39, 0.29) is 9.93 Å². The van der Waals surface area contributed by atoms with Gasteiger partial charge < -0.3 is 9.47 Å². The lowest BCUT2D eigenvalue weighted by atomic mass is 10.1. The molecule has 0 N–H and O–H groups in total. The predicted molar refractivity (Wildman–Crippen MR) is 97.4 cm³/mol. The Labute approximate surface area is 153 Å². The first kappa shape index (κ1) is 19.8. The summed E-state index contributed by atoms with van der Waals surface area (Å²) in [7, 11) is -3.95. The summed E-state index contributed by atoms with van der Waals surface area (Å²) in [6.45, 7) is 4.77. The van der Waals surface area contributed by atoms with Gasteiger partial charge in [-0.05, 0) is 37.6 Å². The number of rotatable bonds is 8. The number of sulfone groups is 1. The first-order valence-electron chi connectivity index (χ1n) is 8.14. The molecule has 0 fully saturated rings. The smallest absolute Gasteiger partial charge is 0.233 e. The van der Waals surface area contributed by atoms with Crippen LogP contribution in [0.25, 0.3) is 6.08 Å². The summed E-state index contributed by atoms with van der Waals surface area (Å²) in [5, 5.41) is 9.15. The van der Waals surface area contributed by atoms with Gasteiger partial charge in [-0.3, -0.25) is 0 Å². The molecule has 0 atom stereocenters. The zero-order chi connectivity index (χ0) is 19.0. The predicted octanol–water partition coefficient (Wildman–Crippen LogP) is 3.49. The maximum atomic E-state index is 12.5. The van der Waals surface area contributed by atoms with Crippen LogP contribution in [0.2, 0.25) is 0 Å². The lowest BCUT2D eigenvalue weighted by Gasteiger charge is -2.17. The molecule has 1 aromatic heterocycles. The monoisotopic (exact) mass is 372 g/mol. The lowest BCUT2D eigenvalue weighted by Crippen LogP contribution is -2.08. The fourth-order valence-electron chi connectivity index (χ4n) is 2.23. The minimum atomic E-state index is -3.95. The minimum absolute atomic E-state index is 0.155. The van der Waals surface area contributed by atoms with Gasteiger partial charge in [-0.15, -0.1) is 0 Å². The van der Waals surface area contributed by atoms with E-state index >= 15 is 0 Å². The molecule has 0 spiro atoms. The van der Waals surface area contributed by atoms with Gasteiger partial charge in [0.15, 0.2) is 16.2 Å². The molecule has 2 aromatic rings. The van der Waals surface area contributed by atoms with Crippen molar-refractivity contribution < 1.29 is 17.9 Å². The Kier molecular flexibility index (Phi) is 7.04. The van der Waals surface area contributed by atoms with Crippen molar-refractivity contribution >= 4 is 15.9 Å². The van der Waals surface area contributed by atoms with E-state index in [1.165, 1.54) is 18.3 Å². The second-order valence-electron chi connectivity index (χ2n) is 5.20. The molecule has 0 aliphatic heterocycles. The van der Waals surface area contributed by atoms with Crippen molar-refractivity contribution in [2.45, 2.75) is 25.2 Å². The van der Waals surface area contributed by atoms with Crippen LogP contribution in [0.3, 0.4) is 0 Å². The maximum Gasteiger partial charge on any atom is 0.233 e. The van der Waals surface area contributed by atoms with Crippen LogP contribution >= 0.6 is 0 Å². The molecule has 6 nitrogen and oxygen atoms in total. The lowest BCUT2D eigenvalue weighted by molar-refractivity contribution is -0.140. The van der Waals surface area contributed by atoms with Crippen LogP contribution in [0.4, 0.5) is 0 Å². The molecule has 0 unspecified atom stereocenters.